The monoisotopic (exact) mass is 410 g/mol. The van der Waals surface area contributed by atoms with Crippen LogP contribution in [0.1, 0.15) is 35.7 Å². The Kier molecular flexibility index (Phi) is 5.66. The van der Waals surface area contributed by atoms with Crippen LogP contribution in [-0.4, -0.2) is 43.0 Å². The van der Waals surface area contributed by atoms with E-state index in [2.05, 4.69) is 20.4 Å². The Morgan fingerprint density at radius 3 is 2.93 bits per heavy atom. The maximum atomic E-state index is 12.9. The molecule has 4 heterocycles. The lowest BCUT2D eigenvalue weighted by Crippen LogP contribution is -2.42. The number of thiazole rings is 1. The molecule has 1 aliphatic heterocycles. The number of fused-ring (bicyclic) bond motifs is 1. The third kappa shape index (κ3) is 4.51. The first-order chi connectivity index (χ1) is 14.1. The van der Waals surface area contributed by atoms with Crippen LogP contribution < -0.4 is 5.32 Å². The zero-order valence-electron chi connectivity index (χ0n) is 16.1. The van der Waals surface area contributed by atoms with Crippen LogP contribution in [0.25, 0.3) is 0 Å². The largest absolute Gasteiger partial charge is 0.337 e. The lowest BCUT2D eigenvalue weighted by atomic mass is 9.95. The van der Waals surface area contributed by atoms with Crippen LogP contribution in [0.4, 0.5) is 5.13 Å². The second kappa shape index (κ2) is 8.52. The zero-order valence-corrected chi connectivity index (χ0v) is 16.9. The topological polar surface area (TPSA) is 93.0 Å². The van der Waals surface area contributed by atoms with E-state index in [4.69, 9.17) is 0 Å². The van der Waals surface area contributed by atoms with Gasteiger partial charge in [0, 0.05) is 61.8 Å². The Balaban J connectivity index is 1.43. The van der Waals surface area contributed by atoms with Crippen LogP contribution in [-0.2, 0) is 29.6 Å². The summed E-state index contributed by atoms with van der Waals surface area (Å²) in [5.41, 5.74) is 2.63. The molecule has 0 radical (unpaired) electrons. The molecule has 3 aromatic heterocycles. The van der Waals surface area contributed by atoms with Crippen molar-refractivity contribution in [2.45, 2.75) is 31.7 Å². The molecule has 150 valence electrons. The number of hydrogen-bond donors (Lipinski definition) is 1. The highest BCUT2D eigenvalue weighted by atomic mass is 32.1. The second-order valence-electron chi connectivity index (χ2n) is 7.04. The molecule has 0 fully saturated rings. The number of hydrogen-bond acceptors (Lipinski definition) is 6. The predicted octanol–water partition coefficient (Wildman–Crippen LogP) is 2.36. The minimum Gasteiger partial charge on any atom is -0.337 e. The minimum absolute atomic E-state index is 0.0440. The van der Waals surface area contributed by atoms with Gasteiger partial charge in [-0.05, 0) is 25.0 Å². The molecule has 3 aromatic rings. The first-order valence-corrected chi connectivity index (χ1v) is 10.4. The molecule has 2 amide bonds. The van der Waals surface area contributed by atoms with E-state index in [0.717, 1.165) is 29.8 Å². The molecule has 4 rings (SSSR count). The van der Waals surface area contributed by atoms with Crippen molar-refractivity contribution in [1.29, 1.82) is 0 Å². The normalized spacial score (nSPS) is 15.8. The number of rotatable bonds is 6. The zero-order chi connectivity index (χ0) is 20.2. The molecule has 29 heavy (non-hydrogen) atoms. The summed E-state index contributed by atoms with van der Waals surface area (Å²) in [4.78, 5) is 35.9. The molecule has 0 aromatic carbocycles. The average molecular weight is 411 g/mol. The van der Waals surface area contributed by atoms with Crippen LogP contribution in [0, 0.1) is 0 Å². The van der Waals surface area contributed by atoms with Gasteiger partial charge in [-0.25, -0.2) is 4.98 Å². The van der Waals surface area contributed by atoms with Gasteiger partial charge >= 0.3 is 0 Å². The molecule has 0 aliphatic carbocycles. The summed E-state index contributed by atoms with van der Waals surface area (Å²) in [5.74, 6) is -0.656. The van der Waals surface area contributed by atoms with Gasteiger partial charge in [0.05, 0.1) is 5.69 Å². The highest BCUT2D eigenvalue weighted by Crippen LogP contribution is 2.29. The Hall–Kier alpha value is -3.07. The molecule has 1 atom stereocenters. The van der Waals surface area contributed by atoms with Gasteiger partial charge in [-0.3, -0.25) is 19.3 Å². The van der Waals surface area contributed by atoms with E-state index in [9.17, 15) is 9.59 Å². The Morgan fingerprint density at radius 1 is 1.28 bits per heavy atom. The van der Waals surface area contributed by atoms with Crippen LogP contribution in [0.3, 0.4) is 0 Å². The van der Waals surface area contributed by atoms with E-state index in [1.54, 1.807) is 27.4 Å². The van der Waals surface area contributed by atoms with Crippen molar-refractivity contribution in [2.75, 3.05) is 11.9 Å². The second-order valence-corrected chi connectivity index (χ2v) is 7.94. The van der Waals surface area contributed by atoms with Gasteiger partial charge in [0.15, 0.2) is 5.13 Å². The molecule has 0 saturated carbocycles. The van der Waals surface area contributed by atoms with Gasteiger partial charge in [0.2, 0.25) is 11.8 Å². The number of carbonyl (C=O) groups is 2. The van der Waals surface area contributed by atoms with E-state index < -0.39 is 5.92 Å². The third-order valence-electron chi connectivity index (χ3n) is 4.91. The third-order valence-corrected chi connectivity index (χ3v) is 5.60. The number of nitrogens with zero attached hydrogens (tertiary/aromatic N) is 5. The van der Waals surface area contributed by atoms with Crippen molar-refractivity contribution in [3.63, 3.8) is 0 Å². The van der Waals surface area contributed by atoms with Gasteiger partial charge in [-0.1, -0.05) is 6.07 Å². The van der Waals surface area contributed by atoms with Gasteiger partial charge in [-0.15, -0.1) is 11.3 Å². The van der Waals surface area contributed by atoms with Crippen molar-refractivity contribution in [1.82, 2.24) is 24.6 Å². The fraction of sp³-hybridized carbons (Fsp3) is 0.350. The lowest BCUT2D eigenvalue weighted by Gasteiger charge is -2.31. The SMILES string of the molecule is Cn1cc2c(n1)C(C(=O)Nc1nccs1)CN(C(=O)CCCc1ccccn1)C2. The number of nitrogens with one attached hydrogen (secondary N) is 1. The molecule has 1 N–H and O–H groups in total. The smallest absolute Gasteiger partial charge is 0.237 e. The highest BCUT2D eigenvalue weighted by molar-refractivity contribution is 7.13. The summed E-state index contributed by atoms with van der Waals surface area (Å²) in [6, 6.07) is 5.79. The van der Waals surface area contributed by atoms with Gasteiger partial charge < -0.3 is 10.2 Å². The van der Waals surface area contributed by atoms with Crippen molar-refractivity contribution in [2.24, 2.45) is 7.05 Å². The highest BCUT2D eigenvalue weighted by Gasteiger charge is 2.35. The van der Waals surface area contributed by atoms with Gasteiger partial charge in [-0.2, -0.15) is 5.10 Å². The summed E-state index contributed by atoms with van der Waals surface area (Å²) in [7, 11) is 1.83. The number of pyridine rings is 1. The number of carbonyl (C=O) groups excluding carboxylic acids is 2. The maximum Gasteiger partial charge on any atom is 0.237 e. The quantitative estimate of drug-likeness (QED) is 0.673. The molecule has 8 nitrogen and oxygen atoms in total. The van der Waals surface area contributed by atoms with Gasteiger partial charge in [0.25, 0.3) is 0 Å². The predicted molar refractivity (Wildman–Crippen MR) is 109 cm³/mol. The van der Waals surface area contributed by atoms with Crippen LogP contribution >= 0.6 is 11.3 Å². The van der Waals surface area contributed by atoms with E-state index in [1.165, 1.54) is 11.3 Å². The van der Waals surface area contributed by atoms with Crippen molar-refractivity contribution in [3.05, 3.63) is 59.1 Å². The van der Waals surface area contributed by atoms with Crippen molar-refractivity contribution < 1.29 is 9.59 Å². The molecule has 0 bridgehead atoms. The van der Waals surface area contributed by atoms with Gasteiger partial charge in [0.1, 0.15) is 5.92 Å². The average Bonchev–Trinajstić information content (AvgIpc) is 3.36. The Bertz CT molecular complexity index is 986. The lowest BCUT2D eigenvalue weighted by molar-refractivity contribution is -0.133. The van der Waals surface area contributed by atoms with E-state index in [0.29, 0.717) is 24.6 Å². The van der Waals surface area contributed by atoms with Crippen molar-refractivity contribution in [3.8, 4) is 0 Å². The maximum absolute atomic E-state index is 12.9. The number of amides is 2. The number of anilines is 1. The standard InChI is InChI=1S/C20H22N6O2S/c1-25-11-14-12-26(17(27)7-4-6-15-5-2-3-8-21-15)13-16(18(14)24-25)19(28)23-20-22-9-10-29-20/h2-3,5,8-11,16H,4,6-7,12-13H2,1H3,(H,22,23,28). The molecule has 1 aliphatic rings. The van der Waals surface area contributed by atoms with E-state index in [1.807, 2.05) is 31.4 Å². The molecule has 0 saturated heterocycles. The fourth-order valence-electron chi connectivity index (χ4n) is 3.55. The number of aromatic nitrogens is 4. The van der Waals surface area contributed by atoms with Crippen LogP contribution in [0.15, 0.2) is 42.2 Å². The first kappa shape index (κ1) is 19.3. The van der Waals surface area contributed by atoms with E-state index in [-0.39, 0.29) is 11.8 Å². The Labute approximate surface area is 172 Å². The Morgan fingerprint density at radius 2 is 2.17 bits per heavy atom. The summed E-state index contributed by atoms with van der Waals surface area (Å²) in [6.45, 7) is 0.802. The molecule has 0 spiro atoms. The first-order valence-electron chi connectivity index (χ1n) is 9.50. The van der Waals surface area contributed by atoms with Crippen molar-refractivity contribution >= 4 is 28.3 Å². The van der Waals surface area contributed by atoms with Crippen LogP contribution in [0.2, 0.25) is 0 Å². The molecular weight excluding hydrogens is 388 g/mol. The minimum atomic E-state index is -0.511. The molecule has 9 heteroatoms. The summed E-state index contributed by atoms with van der Waals surface area (Å²) in [5, 5.41) is 9.66. The summed E-state index contributed by atoms with van der Waals surface area (Å²) < 4.78 is 1.70. The number of aryl methyl sites for hydroxylation is 2. The van der Waals surface area contributed by atoms with E-state index >= 15 is 0 Å². The molecule has 1 unspecified atom stereocenters. The van der Waals surface area contributed by atoms with Crippen LogP contribution in [0.5, 0.6) is 0 Å². The summed E-state index contributed by atoms with van der Waals surface area (Å²) >= 11 is 1.36. The fourth-order valence-corrected chi connectivity index (χ4v) is 4.08. The summed E-state index contributed by atoms with van der Waals surface area (Å²) in [6.07, 6.45) is 7.19. The molecular formula is C20H22N6O2S.